The van der Waals surface area contributed by atoms with Gasteiger partial charge in [0.25, 0.3) is 0 Å². The molecular weight excluding hydrogens is 210 g/mol. The molecule has 0 radical (unpaired) electrons. The third-order valence-corrected chi connectivity index (χ3v) is 4.40. The Labute approximate surface area is 96.2 Å². The molecule has 1 saturated heterocycles. The Hall–Kier alpha value is -0.220. The average Bonchev–Trinajstić information content (AvgIpc) is 2.17. The van der Waals surface area contributed by atoms with Crippen LogP contribution in [0.2, 0.25) is 0 Å². The number of hydrogen-bond acceptors (Lipinski definition) is 3. The molecule has 1 aliphatic rings. The summed E-state index contributed by atoms with van der Waals surface area (Å²) in [7, 11) is 2.12. The molecule has 0 saturated carbocycles. The number of carboxylic acids is 1. The number of hydrogen-bond donors (Lipinski definition) is 1. The zero-order valence-electron chi connectivity index (χ0n) is 9.61. The first-order valence-electron chi connectivity index (χ1n) is 5.65. The molecule has 0 bridgehead atoms. The molecule has 15 heavy (non-hydrogen) atoms. The Morgan fingerprint density at radius 2 is 2.33 bits per heavy atom. The lowest BCUT2D eigenvalue weighted by Crippen LogP contribution is -2.41. The summed E-state index contributed by atoms with van der Waals surface area (Å²) >= 11 is 2.04. The lowest BCUT2D eigenvalue weighted by atomic mass is 10.1. The Bertz CT molecular complexity index is 211. The van der Waals surface area contributed by atoms with Crippen LogP contribution < -0.4 is 0 Å². The molecule has 0 aromatic rings. The zero-order valence-corrected chi connectivity index (χ0v) is 10.4. The highest BCUT2D eigenvalue weighted by Crippen LogP contribution is 2.28. The maximum Gasteiger partial charge on any atom is 0.303 e. The van der Waals surface area contributed by atoms with E-state index in [0.29, 0.717) is 17.7 Å². The number of nitrogens with zero attached hydrogens (tertiary/aromatic N) is 1. The predicted octanol–water partition coefficient (Wildman–Crippen LogP) is 2.07. The molecule has 1 rings (SSSR count). The Morgan fingerprint density at radius 1 is 1.60 bits per heavy atom. The van der Waals surface area contributed by atoms with E-state index in [2.05, 4.69) is 18.9 Å². The highest BCUT2D eigenvalue weighted by molar-refractivity contribution is 7.99. The van der Waals surface area contributed by atoms with Gasteiger partial charge < -0.3 is 10.0 Å². The van der Waals surface area contributed by atoms with Crippen molar-refractivity contribution < 1.29 is 9.90 Å². The largest absolute Gasteiger partial charge is 0.481 e. The van der Waals surface area contributed by atoms with Gasteiger partial charge in [0.2, 0.25) is 0 Å². The van der Waals surface area contributed by atoms with Crippen molar-refractivity contribution in [2.45, 2.75) is 43.9 Å². The quantitative estimate of drug-likeness (QED) is 0.786. The van der Waals surface area contributed by atoms with Gasteiger partial charge in [0.1, 0.15) is 0 Å². The number of rotatable bonds is 5. The highest BCUT2D eigenvalue weighted by atomic mass is 32.2. The first kappa shape index (κ1) is 12.8. The molecule has 2 atom stereocenters. The first-order chi connectivity index (χ1) is 7.11. The monoisotopic (exact) mass is 231 g/mol. The van der Waals surface area contributed by atoms with E-state index >= 15 is 0 Å². The maximum atomic E-state index is 10.4. The lowest BCUT2D eigenvalue weighted by Gasteiger charge is -2.35. The van der Waals surface area contributed by atoms with E-state index in [0.717, 1.165) is 13.0 Å². The van der Waals surface area contributed by atoms with Crippen LogP contribution in [-0.2, 0) is 4.79 Å². The molecule has 2 unspecified atom stereocenters. The van der Waals surface area contributed by atoms with Gasteiger partial charge in [-0.2, -0.15) is 11.8 Å². The van der Waals surface area contributed by atoms with Crippen LogP contribution in [-0.4, -0.2) is 46.6 Å². The third-order valence-electron chi connectivity index (χ3n) is 3.03. The van der Waals surface area contributed by atoms with Crippen LogP contribution in [0, 0.1) is 0 Å². The van der Waals surface area contributed by atoms with Crippen molar-refractivity contribution in [3.05, 3.63) is 0 Å². The molecule has 1 N–H and O–H groups in total. The molecule has 3 nitrogen and oxygen atoms in total. The fourth-order valence-electron chi connectivity index (χ4n) is 2.13. The third kappa shape index (κ3) is 4.43. The molecule has 1 aliphatic heterocycles. The fourth-order valence-corrected chi connectivity index (χ4v) is 3.40. The number of carbonyl (C=O) groups is 1. The van der Waals surface area contributed by atoms with E-state index in [1.54, 1.807) is 0 Å². The maximum absolute atomic E-state index is 10.4. The van der Waals surface area contributed by atoms with Gasteiger partial charge in [-0.1, -0.05) is 6.92 Å². The van der Waals surface area contributed by atoms with Gasteiger partial charge in [-0.25, -0.2) is 0 Å². The average molecular weight is 231 g/mol. The second-order valence-electron chi connectivity index (χ2n) is 4.26. The van der Waals surface area contributed by atoms with Crippen molar-refractivity contribution in [3.63, 3.8) is 0 Å². The summed E-state index contributed by atoms with van der Waals surface area (Å²) in [5.41, 5.74) is 0. The topological polar surface area (TPSA) is 40.5 Å². The Kier molecular flexibility index (Phi) is 5.47. The minimum absolute atomic E-state index is 0.290. The van der Waals surface area contributed by atoms with Gasteiger partial charge in [-0.3, -0.25) is 4.79 Å². The molecule has 1 fully saturated rings. The van der Waals surface area contributed by atoms with Crippen molar-refractivity contribution >= 4 is 17.7 Å². The summed E-state index contributed by atoms with van der Waals surface area (Å²) in [6.45, 7) is 3.18. The van der Waals surface area contributed by atoms with Gasteiger partial charge in [-0.05, 0) is 38.6 Å². The minimum atomic E-state index is -0.686. The summed E-state index contributed by atoms with van der Waals surface area (Å²) in [5, 5.41) is 9.25. The minimum Gasteiger partial charge on any atom is -0.481 e. The normalized spacial score (nSPS) is 26.9. The van der Waals surface area contributed by atoms with Crippen molar-refractivity contribution in [1.29, 1.82) is 0 Å². The van der Waals surface area contributed by atoms with Gasteiger partial charge in [0, 0.05) is 17.7 Å². The van der Waals surface area contributed by atoms with E-state index in [1.165, 1.54) is 18.6 Å². The van der Waals surface area contributed by atoms with Crippen molar-refractivity contribution in [2.24, 2.45) is 0 Å². The van der Waals surface area contributed by atoms with Crippen LogP contribution >= 0.6 is 11.8 Å². The van der Waals surface area contributed by atoms with Crippen LogP contribution in [0.1, 0.15) is 32.6 Å². The predicted molar refractivity (Wildman–Crippen MR) is 64.4 cm³/mol. The molecule has 0 amide bonds. The first-order valence-corrected chi connectivity index (χ1v) is 6.69. The van der Waals surface area contributed by atoms with E-state index in [9.17, 15) is 4.79 Å². The van der Waals surface area contributed by atoms with Gasteiger partial charge in [0.15, 0.2) is 0 Å². The highest BCUT2D eigenvalue weighted by Gasteiger charge is 2.24. The molecule has 0 spiro atoms. The zero-order chi connectivity index (χ0) is 11.3. The summed E-state index contributed by atoms with van der Waals surface area (Å²) < 4.78 is 0. The van der Waals surface area contributed by atoms with Gasteiger partial charge in [0.05, 0.1) is 0 Å². The van der Waals surface area contributed by atoms with Gasteiger partial charge in [-0.15, -0.1) is 0 Å². The van der Waals surface area contributed by atoms with Crippen LogP contribution in [0.4, 0.5) is 0 Å². The molecule has 88 valence electrons. The lowest BCUT2D eigenvalue weighted by molar-refractivity contribution is -0.137. The van der Waals surface area contributed by atoms with Gasteiger partial charge >= 0.3 is 5.97 Å². The molecule has 4 heteroatoms. The molecule has 0 aliphatic carbocycles. The summed E-state index contributed by atoms with van der Waals surface area (Å²) in [6.07, 6.45) is 3.61. The Balaban J connectivity index is 2.25. The van der Waals surface area contributed by atoms with Crippen LogP contribution in [0.3, 0.4) is 0 Å². The Morgan fingerprint density at radius 3 is 2.93 bits per heavy atom. The summed E-state index contributed by atoms with van der Waals surface area (Å²) in [5.74, 6) is 0.593. The number of thioether (sulfide) groups is 1. The van der Waals surface area contributed by atoms with E-state index in [4.69, 9.17) is 5.11 Å². The molecular formula is C11H21NO2S. The van der Waals surface area contributed by atoms with Crippen LogP contribution in [0.5, 0.6) is 0 Å². The van der Waals surface area contributed by atoms with Crippen LogP contribution in [0.15, 0.2) is 0 Å². The molecule has 0 aromatic carbocycles. The van der Waals surface area contributed by atoms with E-state index < -0.39 is 5.97 Å². The summed E-state index contributed by atoms with van der Waals surface area (Å²) in [4.78, 5) is 12.7. The standard InChI is InChI=1S/C11H21NO2S/c1-9-10(5-4-8-15-9)12(2)7-3-6-11(13)14/h9-10H,3-8H2,1-2H3,(H,13,14). The van der Waals surface area contributed by atoms with E-state index in [1.807, 2.05) is 11.8 Å². The number of carboxylic acid groups (broad SMARTS) is 1. The SMILES string of the molecule is CC1SCCCC1N(C)CCCC(=O)O. The number of aliphatic carboxylic acids is 1. The van der Waals surface area contributed by atoms with E-state index in [-0.39, 0.29) is 0 Å². The van der Waals surface area contributed by atoms with Crippen molar-refractivity contribution in [3.8, 4) is 0 Å². The molecule has 1 heterocycles. The molecule has 0 aromatic heterocycles. The van der Waals surface area contributed by atoms with Crippen molar-refractivity contribution in [2.75, 3.05) is 19.3 Å². The van der Waals surface area contributed by atoms with Crippen molar-refractivity contribution in [1.82, 2.24) is 4.90 Å². The van der Waals surface area contributed by atoms with Crippen LogP contribution in [0.25, 0.3) is 0 Å². The fraction of sp³-hybridized carbons (Fsp3) is 0.909. The smallest absolute Gasteiger partial charge is 0.303 e. The summed E-state index contributed by atoms with van der Waals surface area (Å²) in [6, 6.07) is 0.637. The second-order valence-corrected chi connectivity index (χ2v) is 5.75. The second kappa shape index (κ2) is 6.38.